The van der Waals surface area contributed by atoms with Gasteiger partial charge in [0.25, 0.3) is 0 Å². The molecule has 0 heterocycles. The average Bonchev–Trinajstić information content (AvgIpc) is 2.74. The van der Waals surface area contributed by atoms with Crippen molar-refractivity contribution in [1.29, 1.82) is 0 Å². The van der Waals surface area contributed by atoms with Gasteiger partial charge in [-0.15, -0.1) is 0 Å². The number of hydrogen-bond donors (Lipinski definition) is 8. The molecule has 0 spiro atoms. The summed E-state index contributed by atoms with van der Waals surface area (Å²) in [5, 5.41) is 24.9. The van der Waals surface area contributed by atoms with Crippen molar-refractivity contribution in [3.63, 3.8) is 0 Å². The number of hydrogen-bond acceptors (Lipinski definition) is 8. The zero-order valence-corrected chi connectivity index (χ0v) is 19.6. The van der Waals surface area contributed by atoms with Gasteiger partial charge in [0, 0.05) is 19.3 Å². The van der Waals surface area contributed by atoms with Crippen molar-refractivity contribution in [3.05, 3.63) is 0 Å². The van der Waals surface area contributed by atoms with Crippen LogP contribution in [-0.2, 0) is 33.6 Å². The maximum atomic E-state index is 12.9. The van der Waals surface area contributed by atoms with E-state index in [2.05, 4.69) is 16.0 Å². The molecule has 35 heavy (non-hydrogen) atoms. The molecule has 0 aromatic rings. The molecule has 5 amide bonds. The molecule has 0 saturated heterocycles. The zero-order chi connectivity index (χ0) is 27.3. The molecule has 198 valence electrons. The van der Waals surface area contributed by atoms with Gasteiger partial charge in [-0.2, -0.15) is 0 Å². The highest BCUT2D eigenvalue weighted by Gasteiger charge is 2.32. The normalized spacial score (nSPS) is 14.2. The van der Waals surface area contributed by atoms with E-state index in [1.165, 1.54) is 0 Å². The smallest absolute Gasteiger partial charge is 0.326 e. The summed E-state index contributed by atoms with van der Waals surface area (Å²) in [6.45, 7) is 3.19. The Labute approximate surface area is 201 Å². The summed E-state index contributed by atoms with van der Waals surface area (Å²) >= 11 is 0. The quantitative estimate of drug-likeness (QED) is 0.0991. The van der Waals surface area contributed by atoms with Crippen molar-refractivity contribution in [1.82, 2.24) is 16.0 Å². The zero-order valence-electron chi connectivity index (χ0n) is 19.6. The minimum Gasteiger partial charge on any atom is -0.481 e. The van der Waals surface area contributed by atoms with Crippen molar-refractivity contribution in [2.75, 3.05) is 0 Å². The second-order valence-electron chi connectivity index (χ2n) is 8.24. The summed E-state index contributed by atoms with van der Waals surface area (Å²) in [7, 11) is 0. The molecule has 0 aliphatic heterocycles. The van der Waals surface area contributed by atoms with E-state index in [9.17, 15) is 38.7 Å². The Hall–Kier alpha value is -3.75. The first-order valence-electron chi connectivity index (χ1n) is 10.8. The molecule has 0 radical (unpaired) electrons. The Morgan fingerprint density at radius 2 is 1.17 bits per heavy atom. The number of amides is 5. The van der Waals surface area contributed by atoms with Crippen LogP contribution in [0.25, 0.3) is 0 Å². The molecule has 15 nitrogen and oxygen atoms in total. The van der Waals surface area contributed by atoms with Crippen LogP contribution in [-0.4, -0.2) is 75.9 Å². The number of primary amides is 2. The highest BCUT2D eigenvalue weighted by molar-refractivity contribution is 5.94. The van der Waals surface area contributed by atoms with Gasteiger partial charge in [0.2, 0.25) is 29.5 Å². The van der Waals surface area contributed by atoms with Crippen LogP contribution in [0.4, 0.5) is 0 Å². The highest BCUT2D eigenvalue weighted by Crippen LogP contribution is 2.07. The van der Waals surface area contributed by atoms with Gasteiger partial charge >= 0.3 is 11.9 Å². The number of nitrogens with one attached hydrogen (secondary N) is 3. The van der Waals surface area contributed by atoms with Crippen LogP contribution < -0.4 is 33.2 Å². The van der Waals surface area contributed by atoms with Gasteiger partial charge in [-0.1, -0.05) is 13.8 Å². The lowest BCUT2D eigenvalue weighted by Crippen LogP contribution is -2.58. The summed E-state index contributed by atoms with van der Waals surface area (Å²) in [6, 6.07) is -5.27. The molecule has 0 rings (SSSR count). The van der Waals surface area contributed by atoms with Crippen LogP contribution in [0.5, 0.6) is 0 Å². The first-order chi connectivity index (χ1) is 16.1. The molecule has 15 heteroatoms. The molecular weight excluding hydrogens is 468 g/mol. The van der Waals surface area contributed by atoms with Gasteiger partial charge in [-0.05, 0) is 25.2 Å². The van der Waals surface area contributed by atoms with Crippen LogP contribution in [0.3, 0.4) is 0 Å². The number of carboxylic acids is 2. The average molecular weight is 503 g/mol. The molecular formula is C20H34N6O9. The Balaban J connectivity index is 5.49. The molecule has 0 aromatic carbocycles. The molecule has 0 saturated carbocycles. The number of aliphatic carboxylic acids is 2. The second-order valence-corrected chi connectivity index (χ2v) is 8.24. The van der Waals surface area contributed by atoms with Crippen molar-refractivity contribution >= 4 is 41.5 Å². The van der Waals surface area contributed by atoms with Gasteiger partial charge in [0.15, 0.2) is 0 Å². The molecule has 0 bridgehead atoms. The first kappa shape index (κ1) is 31.2. The topological polar surface area (TPSA) is 274 Å². The van der Waals surface area contributed by atoms with Crippen LogP contribution in [0.15, 0.2) is 0 Å². The predicted molar refractivity (Wildman–Crippen MR) is 120 cm³/mol. The monoisotopic (exact) mass is 502 g/mol. The van der Waals surface area contributed by atoms with Crippen LogP contribution in [0, 0.1) is 5.92 Å². The fourth-order valence-corrected chi connectivity index (χ4v) is 2.84. The van der Waals surface area contributed by atoms with E-state index in [1.54, 1.807) is 13.8 Å². The highest BCUT2D eigenvalue weighted by atomic mass is 16.4. The maximum absolute atomic E-state index is 12.9. The third-order valence-corrected chi connectivity index (χ3v) is 4.86. The molecule has 4 atom stereocenters. The van der Waals surface area contributed by atoms with E-state index >= 15 is 0 Å². The summed E-state index contributed by atoms with van der Waals surface area (Å²) in [6.07, 6.45) is -1.74. The lowest BCUT2D eigenvalue weighted by Gasteiger charge is -2.27. The number of rotatable bonds is 17. The summed E-state index contributed by atoms with van der Waals surface area (Å²) in [5.41, 5.74) is 15.8. The Morgan fingerprint density at radius 1 is 0.686 bits per heavy atom. The van der Waals surface area contributed by atoms with E-state index < -0.39 is 71.6 Å². The number of nitrogens with two attached hydrogens (primary N) is 3. The van der Waals surface area contributed by atoms with E-state index in [0.717, 1.165) is 0 Å². The lowest BCUT2D eigenvalue weighted by molar-refractivity contribution is -0.143. The van der Waals surface area contributed by atoms with Gasteiger partial charge < -0.3 is 43.4 Å². The molecule has 0 aliphatic rings. The van der Waals surface area contributed by atoms with Gasteiger partial charge in [0.1, 0.15) is 18.1 Å². The SMILES string of the molecule is CC(C)C(NC(=O)C(N)CCC(=O)O)C(=O)NC(CCC(N)=O)C(=O)NC(CCC(N)=O)C(=O)O. The molecule has 4 unspecified atom stereocenters. The Morgan fingerprint density at radius 3 is 1.60 bits per heavy atom. The van der Waals surface area contributed by atoms with Gasteiger partial charge in [0.05, 0.1) is 6.04 Å². The third kappa shape index (κ3) is 12.9. The Bertz CT molecular complexity index is 817. The van der Waals surface area contributed by atoms with Crippen molar-refractivity contribution in [2.45, 2.75) is 76.5 Å². The predicted octanol–water partition coefficient (Wildman–Crippen LogP) is -3.10. The first-order valence-corrected chi connectivity index (χ1v) is 10.8. The lowest BCUT2D eigenvalue weighted by atomic mass is 10.0. The molecule has 0 fully saturated rings. The number of carboxylic acid groups (broad SMARTS) is 2. The standard InChI is InChI=1S/C20H34N6O9/c1-9(2)16(26-17(31)10(21)3-8-15(29)30)19(33)24-11(4-6-13(22)27)18(32)25-12(20(34)35)5-7-14(23)28/h9-12,16H,3-8,21H2,1-2H3,(H2,22,27)(H2,23,28)(H,24,33)(H,25,32)(H,26,31)(H,29,30)(H,34,35). The van der Waals surface area contributed by atoms with Crippen molar-refractivity contribution in [3.8, 4) is 0 Å². The van der Waals surface area contributed by atoms with E-state index in [1.807, 2.05) is 0 Å². The summed E-state index contributed by atoms with van der Waals surface area (Å²) in [4.78, 5) is 82.1. The van der Waals surface area contributed by atoms with Crippen LogP contribution in [0.2, 0.25) is 0 Å². The van der Waals surface area contributed by atoms with Gasteiger partial charge in [-0.25, -0.2) is 4.79 Å². The minimum absolute atomic E-state index is 0.168. The van der Waals surface area contributed by atoms with Crippen molar-refractivity contribution < 1.29 is 43.8 Å². The van der Waals surface area contributed by atoms with Crippen molar-refractivity contribution in [2.24, 2.45) is 23.1 Å². The number of carbonyl (C=O) groups is 7. The summed E-state index contributed by atoms with van der Waals surface area (Å²) in [5.74, 6) is -7.20. The van der Waals surface area contributed by atoms with E-state index in [4.69, 9.17) is 22.3 Å². The van der Waals surface area contributed by atoms with Gasteiger partial charge in [-0.3, -0.25) is 28.8 Å². The second kappa shape index (κ2) is 15.2. The largest absolute Gasteiger partial charge is 0.481 e. The summed E-state index contributed by atoms with van der Waals surface area (Å²) < 4.78 is 0. The van der Waals surface area contributed by atoms with Crippen LogP contribution in [0.1, 0.15) is 52.4 Å². The fraction of sp³-hybridized carbons (Fsp3) is 0.650. The third-order valence-electron chi connectivity index (χ3n) is 4.86. The molecule has 11 N–H and O–H groups in total. The van der Waals surface area contributed by atoms with Crippen LogP contribution >= 0.6 is 0 Å². The van der Waals surface area contributed by atoms with E-state index in [-0.39, 0.29) is 38.5 Å². The molecule has 0 aliphatic carbocycles. The van der Waals surface area contributed by atoms with E-state index in [0.29, 0.717) is 0 Å². The Kier molecular flexibility index (Phi) is 13.6. The molecule has 0 aromatic heterocycles. The fourth-order valence-electron chi connectivity index (χ4n) is 2.84. The minimum atomic E-state index is -1.49. The maximum Gasteiger partial charge on any atom is 0.326 e. The number of carbonyl (C=O) groups excluding carboxylic acids is 5.